The van der Waals surface area contributed by atoms with Gasteiger partial charge in [0.1, 0.15) is 5.56 Å². The number of nitro groups is 1. The molecule has 12 heteroatoms. The Hall–Kier alpha value is -2.86. The van der Waals surface area contributed by atoms with Crippen LogP contribution in [0.5, 0.6) is 17.2 Å². The summed E-state index contributed by atoms with van der Waals surface area (Å²) < 4.78 is 21.2. The first kappa shape index (κ1) is 23.4. The first-order valence-electron chi connectivity index (χ1n) is 8.12. The topological polar surface area (TPSA) is 126 Å². The zero-order valence-corrected chi connectivity index (χ0v) is 19.2. The van der Waals surface area contributed by atoms with Crippen LogP contribution >= 0.6 is 31.9 Å². The number of hydrogen-bond donors (Lipinski definition) is 1. The van der Waals surface area contributed by atoms with Gasteiger partial charge in [-0.15, -0.1) is 0 Å². The van der Waals surface area contributed by atoms with Gasteiger partial charge in [0.2, 0.25) is 5.75 Å². The van der Waals surface area contributed by atoms with Crippen molar-refractivity contribution in [3.63, 3.8) is 0 Å². The maximum absolute atomic E-state index is 12.4. The summed E-state index contributed by atoms with van der Waals surface area (Å²) in [6.45, 7) is -0.605. The zero-order valence-electron chi connectivity index (χ0n) is 16.0. The lowest BCUT2D eigenvalue weighted by atomic mass is 10.1. The Morgan fingerprint density at radius 3 is 2.13 bits per heavy atom. The highest BCUT2D eigenvalue weighted by molar-refractivity contribution is 9.11. The van der Waals surface area contributed by atoms with Gasteiger partial charge in [0, 0.05) is 21.1 Å². The van der Waals surface area contributed by atoms with Gasteiger partial charge in [-0.1, -0.05) is 0 Å². The molecule has 1 amide bonds. The summed E-state index contributed by atoms with van der Waals surface area (Å²) in [5.74, 6) is -0.805. The van der Waals surface area contributed by atoms with E-state index >= 15 is 0 Å². The molecule has 0 aliphatic heterocycles. The van der Waals surface area contributed by atoms with Crippen molar-refractivity contribution in [3.8, 4) is 17.2 Å². The Morgan fingerprint density at radius 1 is 1.03 bits per heavy atom. The number of nitrogens with zero attached hydrogens (tertiary/aromatic N) is 1. The second-order valence-electron chi connectivity index (χ2n) is 5.55. The quantitative estimate of drug-likeness (QED) is 0.299. The molecule has 0 fully saturated rings. The van der Waals surface area contributed by atoms with Crippen LogP contribution in [0.4, 0.5) is 11.4 Å². The Morgan fingerprint density at radius 2 is 1.63 bits per heavy atom. The van der Waals surface area contributed by atoms with E-state index in [0.717, 1.165) is 0 Å². The van der Waals surface area contributed by atoms with Crippen molar-refractivity contribution in [3.05, 3.63) is 48.9 Å². The Balaban J connectivity index is 2.12. The van der Waals surface area contributed by atoms with Gasteiger partial charge in [-0.25, -0.2) is 4.79 Å². The molecule has 0 aromatic heterocycles. The minimum Gasteiger partial charge on any atom is -0.493 e. The molecule has 10 nitrogen and oxygen atoms in total. The fraction of sp³-hybridized carbons (Fsp3) is 0.222. The second-order valence-corrected chi connectivity index (χ2v) is 7.26. The third-order valence-corrected chi connectivity index (χ3v) is 5.01. The standard InChI is InChI=1S/C18H16Br2N2O8/c1-27-13-5-4-10(16(28-2)17(13)29-3)18(24)30-8-14(23)21-15-11(19)6-9(22(25)26)7-12(15)20/h4-7H,8H2,1-3H3,(H,21,23). The van der Waals surface area contributed by atoms with Gasteiger partial charge >= 0.3 is 5.97 Å². The lowest BCUT2D eigenvalue weighted by molar-refractivity contribution is -0.385. The molecule has 0 atom stereocenters. The molecule has 1 N–H and O–H groups in total. The van der Waals surface area contributed by atoms with Gasteiger partial charge in [0.15, 0.2) is 18.1 Å². The van der Waals surface area contributed by atoms with Gasteiger partial charge in [-0.05, 0) is 44.0 Å². The first-order chi connectivity index (χ1) is 14.2. The van der Waals surface area contributed by atoms with E-state index in [-0.39, 0.29) is 37.4 Å². The van der Waals surface area contributed by atoms with Crippen LogP contribution in [0, 0.1) is 10.1 Å². The molecule has 0 saturated heterocycles. The molecule has 0 saturated carbocycles. The highest BCUT2D eigenvalue weighted by Crippen LogP contribution is 2.40. The third-order valence-electron chi connectivity index (χ3n) is 3.76. The minimum atomic E-state index is -0.815. The first-order valence-corrected chi connectivity index (χ1v) is 9.71. The number of ether oxygens (including phenoxy) is 4. The normalized spacial score (nSPS) is 10.2. The maximum Gasteiger partial charge on any atom is 0.342 e. The highest BCUT2D eigenvalue weighted by atomic mass is 79.9. The van der Waals surface area contributed by atoms with Crippen LogP contribution in [0.25, 0.3) is 0 Å². The number of benzene rings is 2. The number of carbonyl (C=O) groups excluding carboxylic acids is 2. The van der Waals surface area contributed by atoms with Gasteiger partial charge in [-0.3, -0.25) is 14.9 Å². The molecule has 0 spiro atoms. The number of rotatable bonds is 8. The average molecular weight is 548 g/mol. The van der Waals surface area contributed by atoms with Crippen LogP contribution < -0.4 is 19.5 Å². The Bertz CT molecular complexity index is 973. The third kappa shape index (κ3) is 5.19. The molecule has 0 aliphatic carbocycles. The van der Waals surface area contributed by atoms with E-state index in [1.807, 2.05) is 0 Å². The number of nitro benzene ring substituents is 1. The van der Waals surface area contributed by atoms with Crippen molar-refractivity contribution in [1.29, 1.82) is 0 Å². The fourth-order valence-electron chi connectivity index (χ4n) is 2.43. The van der Waals surface area contributed by atoms with Crippen LogP contribution in [-0.2, 0) is 9.53 Å². The van der Waals surface area contributed by atoms with Crippen LogP contribution in [0.1, 0.15) is 10.4 Å². The summed E-state index contributed by atoms with van der Waals surface area (Å²) in [4.78, 5) is 35.0. The van der Waals surface area contributed by atoms with Gasteiger partial charge < -0.3 is 24.3 Å². The van der Waals surface area contributed by atoms with E-state index in [4.69, 9.17) is 18.9 Å². The van der Waals surface area contributed by atoms with Crippen molar-refractivity contribution in [2.45, 2.75) is 0 Å². The number of amides is 1. The van der Waals surface area contributed by atoms with Crippen LogP contribution in [0.15, 0.2) is 33.2 Å². The number of anilines is 1. The lowest BCUT2D eigenvalue weighted by Crippen LogP contribution is -2.21. The van der Waals surface area contributed by atoms with E-state index < -0.39 is 23.4 Å². The Kier molecular flexibility index (Phi) is 8.00. The highest BCUT2D eigenvalue weighted by Gasteiger charge is 2.23. The summed E-state index contributed by atoms with van der Waals surface area (Å²) in [5, 5.41) is 13.4. The monoisotopic (exact) mass is 546 g/mol. The number of carbonyl (C=O) groups is 2. The number of halogens is 2. The molecule has 2 aromatic rings. The Labute approximate surface area is 187 Å². The summed E-state index contributed by atoms with van der Waals surface area (Å²) in [5.41, 5.74) is 0.129. The zero-order chi connectivity index (χ0) is 22.4. The molecular formula is C18H16Br2N2O8. The SMILES string of the molecule is COc1ccc(C(=O)OCC(=O)Nc2c(Br)cc([N+](=O)[O-])cc2Br)c(OC)c1OC. The van der Waals surface area contributed by atoms with Crippen molar-refractivity contribution in [2.75, 3.05) is 33.3 Å². The summed E-state index contributed by atoms with van der Waals surface area (Å²) in [7, 11) is 4.18. The molecule has 160 valence electrons. The molecule has 0 radical (unpaired) electrons. The van der Waals surface area contributed by atoms with Gasteiger partial charge in [0.05, 0.1) is 31.9 Å². The van der Waals surface area contributed by atoms with Crippen molar-refractivity contribution >= 4 is 55.1 Å². The number of nitrogens with one attached hydrogen (secondary N) is 1. The van der Waals surface area contributed by atoms with Crippen molar-refractivity contribution < 1.29 is 33.5 Å². The van der Waals surface area contributed by atoms with E-state index in [1.54, 1.807) is 0 Å². The summed E-state index contributed by atoms with van der Waals surface area (Å²) in [6.07, 6.45) is 0. The molecule has 0 bridgehead atoms. The number of non-ortho nitro benzene ring substituents is 1. The van der Waals surface area contributed by atoms with Crippen LogP contribution in [-0.4, -0.2) is 44.7 Å². The molecule has 30 heavy (non-hydrogen) atoms. The fourth-order valence-corrected chi connectivity index (χ4v) is 3.79. The van der Waals surface area contributed by atoms with E-state index in [1.165, 1.54) is 45.6 Å². The molecule has 0 aliphatic rings. The van der Waals surface area contributed by atoms with Crippen LogP contribution in [0.2, 0.25) is 0 Å². The maximum atomic E-state index is 12.4. The van der Waals surface area contributed by atoms with Gasteiger partial charge in [-0.2, -0.15) is 0 Å². The lowest BCUT2D eigenvalue weighted by Gasteiger charge is -2.15. The average Bonchev–Trinajstić information content (AvgIpc) is 2.72. The minimum absolute atomic E-state index is 0.0423. The number of methoxy groups -OCH3 is 3. The smallest absolute Gasteiger partial charge is 0.342 e. The van der Waals surface area contributed by atoms with Crippen LogP contribution in [0.3, 0.4) is 0 Å². The number of hydrogen-bond acceptors (Lipinski definition) is 8. The largest absolute Gasteiger partial charge is 0.493 e. The summed E-state index contributed by atoms with van der Waals surface area (Å²) in [6, 6.07) is 5.40. The van der Waals surface area contributed by atoms with E-state index in [2.05, 4.69) is 37.2 Å². The summed E-state index contributed by atoms with van der Waals surface area (Å²) >= 11 is 6.32. The van der Waals surface area contributed by atoms with E-state index in [9.17, 15) is 19.7 Å². The van der Waals surface area contributed by atoms with E-state index in [0.29, 0.717) is 5.75 Å². The van der Waals surface area contributed by atoms with Crippen molar-refractivity contribution in [2.24, 2.45) is 0 Å². The van der Waals surface area contributed by atoms with Crippen molar-refractivity contribution in [1.82, 2.24) is 0 Å². The molecule has 0 unspecified atom stereocenters. The molecule has 0 heterocycles. The number of esters is 1. The molecular weight excluding hydrogens is 532 g/mol. The van der Waals surface area contributed by atoms with Gasteiger partial charge in [0.25, 0.3) is 11.6 Å². The predicted molar refractivity (Wildman–Crippen MR) is 114 cm³/mol. The second kappa shape index (κ2) is 10.3. The molecule has 2 rings (SSSR count). The predicted octanol–water partition coefficient (Wildman–Crippen LogP) is 3.94. The molecule has 2 aromatic carbocycles.